The molecule has 0 N–H and O–H groups in total. The number of rotatable bonds is 12. The van der Waals surface area contributed by atoms with Crippen LogP contribution in [0.2, 0.25) is 6.55 Å². The van der Waals surface area contributed by atoms with Crippen LogP contribution in [-0.2, 0) is 22.1 Å². The highest BCUT2D eigenvalue weighted by atomic mass is 28.5. The molecule has 0 aromatic heterocycles. The second-order valence-corrected chi connectivity index (χ2v) is 12.3. The summed E-state index contributed by atoms with van der Waals surface area (Å²) in [6.45, 7) is 15.3. The van der Waals surface area contributed by atoms with E-state index < -0.39 is 17.4 Å². The molecule has 1 atom stereocenters. The molecule has 2 aromatic carbocycles. The first-order valence-corrected chi connectivity index (χ1v) is 14.9. The van der Waals surface area contributed by atoms with Crippen molar-refractivity contribution in [1.82, 2.24) is 0 Å². The van der Waals surface area contributed by atoms with Gasteiger partial charge in [-0.1, -0.05) is 60.7 Å². The van der Waals surface area contributed by atoms with E-state index in [4.69, 9.17) is 22.1 Å². The van der Waals surface area contributed by atoms with Crippen molar-refractivity contribution >= 4 is 27.7 Å². The van der Waals surface area contributed by atoms with Crippen LogP contribution in [0.25, 0.3) is 0 Å². The number of hydrogen-bond acceptors (Lipinski definition) is 5. The quantitative estimate of drug-likeness (QED) is 0.458. The lowest BCUT2D eigenvalue weighted by atomic mass is 10.4. The van der Waals surface area contributed by atoms with Gasteiger partial charge in [-0.2, -0.15) is 0 Å². The molecule has 5 nitrogen and oxygen atoms in total. The summed E-state index contributed by atoms with van der Waals surface area (Å²) in [6.07, 6.45) is 0. The molecule has 0 radical (unpaired) electrons. The summed E-state index contributed by atoms with van der Waals surface area (Å²) in [6, 6.07) is 20.1. The summed E-state index contributed by atoms with van der Waals surface area (Å²) in [5.41, 5.74) is 0. The van der Waals surface area contributed by atoms with Crippen molar-refractivity contribution in [1.29, 1.82) is 0 Å². The molecule has 0 fully saturated rings. The highest BCUT2D eigenvalue weighted by Gasteiger charge is 2.51. The van der Waals surface area contributed by atoms with Gasteiger partial charge in [-0.05, 0) is 46.4 Å². The normalized spacial score (nSPS) is 13.3. The minimum absolute atomic E-state index is 0.520. The second-order valence-electron chi connectivity index (χ2n) is 6.42. The zero-order chi connectivity index (χ0) is 22.3. The maximum atomic E-state index is 6.73. The van der Waals surface area contributed by atoms with Gasteiger partial charge >= 0.3 is 17.4 Å². The average Bonchev–Trinajstić information content (AvgIpc) is 2.76. The lowest BCUT2D eigenvalue weighted by Crippen LogP contribution is -2.66. The summed E-state index contributed by atoms with van der Waals surface area (Å²) in [4.78, 5) is 0. The smallest absolute Gasteiger partial charge is 0.392 e. The van der Waals surface area contributed by atoms with E-state index >= 15 is 0 Å². The molecule has 2 aromatic rings. The Kier molecular flexibility index (Phi) is 13.0. The summed E-state index contributed by atoms with van der Waals surface area (Å²) < 4.78 is 30.1. The molecule has 0 saturated carbocycles. The van der Waals surface area contributed by atoms with E-state index in [-0.39, 0.29) is 0 Å². The lowest BCUT2D eigenvalue weighted by Gasteiger charge is -2.37. The van der Waals surface area contributed by atoms with Gasteiger partial charge in [-0.25, -0.2) is 0 Å². The SMILES string of the molecule is CCOCC.CCO[Si](C)(O[Si](OCC)(OCC)c1ccccc1)c1ccccc1. The molecule has 168 valence electrons. The van der Waals surface area contributed by atoms with E-state index in [0.29, 0.717) is 19.8 Å². The molecular formula is C23H38O5Si2. The first-order chi connectivity index (χ1) is 14.5. The van der Waals surface area contributed by atoms with Gasteiger partial charge in [-0.15, -0.1) is 0 Å². The Labute approximate surface area is 184 Å². The highest BCUT2D eigenvalue weighted by Crippen LogP contribution is 2.19. The van der Waals surface area contributed by atoms with E-state index in [0.717, 1.165) is 23.6 Å². The average molecular weight is 451 g/mol. The van der Waals surface area contributed by atoms with Crippen molar-refractivity contribution in [2.24, 2.45) is 0 Å². The first kappa shape index (κ1) is 26.7. The Morgan fingerprint density at radius 2 is 1.00 bits per heavy atom. The summed E-state index contributed by atoms with van der Waals surface area (Å²) in [5, 5.41) is 2.04. The van der Waals surface area contributed by atoms with Gasteiger partial charge in [0, 0.05) is 38.2 Å². The molecule has 2 rings (SSSR count). The molecule has 0 aliphatic carbocycles. The van der Waals surface area contributed by atoms with Gasteiger partial charge in [0.1, 0.15) is 0 Å². The van der Waals surface area contributed by atoms with Crippen LogP contribution in [0.3, 0.4) is 0 Å². The molecular weight excluding hydrogens is 412 g/mol. The molecule has 0 amide bonds. The molecule has 7 heteroatoms. The minimum Gasteiger partial charge on any atom is -0.392 e. The van der Waals surface area contributed by atoms with Gasteiger partial charge in [0.25, 0.3) is 0 Å². The maximum Gasteiger partial charge on any atom is 0.528 e. The Bertz CT molecular complexity index is 664. The number of benzene rings is 2. The van der Waals surface area contributed by atoms with E-state index in [1.54, 1.807) is 0 Å². The predicted molar refractivity (Wildman–Crippen MR) is 128 cm³/mol. The van der Waals surface area contributed by atoms with Crippen LogP contribution in [0, 0.1) is 0 Å². The maximum absolute atomic E-state index is 6.73. The fourth-order valence-corrected chi connectivity index (χ4v) is 9.99. The van der Waals surface area contributed by atoms with Crippen LogP contribution in [-0.4, -0.2) is 50.4 Å². The first-order valence-electron chi connectivity index (χ1n) is 10.8. The van der Waals surface area contributed by atoms with Gasteiger partial charge in [-0.3, -0.25) is 0 Å². The Hall–Kier alpha value is -1.33. The standard InChI is InChI=1S/C19H28O4Si2.C4H10O/c1-5-20-24(4,18-14-10-8-11-15-18)23-25(21-6-2,22-7-3)19-16-12-9-13-17-19;1-3-5-4-2/h8-17H,5-7H2,1-4H3;3-4H2,1-2H3. The molecule has 30 heavy (non-hydrogen) atoms. The fraction of sp³-hybridized carbons (Fsp3) is 0.478. The number of hydrogen-bond donors (Lipinski definition) is 0. The van der Waals surface area contributed by atoms with E-state index in [1.165, 1.54) is 0 Å². The van der Waals surface area contributed by atoms with Crippen molar-refractivity contribution in [3.05, 3.63) is 60.7 Å². The Morgan fingerprint density at radius 1 is 0.567 bits per heavy atom. The van der Waals surface area contributed by atoms with Crippen molar-refractivity contribution in [3.63, 3.8) is 0 Å². The highest BCUT2D eigenvalue weighted by molar-refractivity contribution is 6.90. The minimum atomic E-state index is -3.09. The van der Waals surface area contributed by atoms with E-state index in [2.05, 4.69) is 18.7 Å². The molecule has 0 bridgehead atoms. The Morgan fingerprint density at radius 3 is 1.37 bits per heavy atom. The summed E-state index contributed by atoms with van der Waals surface area (Å²) in [5.74, 6) is 0. The summed E-state index contributed by atoms with van der Waals surface area (Å²) in [7, 11) is -5.80. The topological polar surface area (TPSA) is 46.2 Å². The van der Waals surface area contributed by atoms with Crippen LogP contribution in [0.1, 0.15) is 34.6 Å². The monoisotopic (exact) mass is 450 g/mol. The van der Waals surface area contributed by atoms with Gasteiger partial charge in [0.2, 0.25) is 0 Å². The van der Waals surface area contributed by atoms with Crippen LogP contribution >= 0.6 is 0 Å². The van der Waals surface area contributed by atoms with Gasteiger partial charge < -0.3 is 22.1 Å². The molecule has 0 saturated heterocycles. The van der Waals surface area contributed by atoms with Gasteiger partial charge in [0.05, 0.1) is 0 Å². The lowest BCUT2D eigenvalue weighted by molar-refractivity contribution is 0.113. The van der Waals surface area contributed by atoms with Crippen LogP contribution in [0.4, 0.5) is 0 Å². The molecule has 1 unspecified atom stereocenters. The Balaban J connectivity index is 0.000000804. The van der Waals surface area contributed by atoms with E-state index in [1.807, 2.05) is 83.1 Å². The zero-order valence-electron chi connectivity index (χ0n) is 19.4. The molecule has 0 aliphatic rings. The van der Waals surface area contributed by atoms with Crippen LogP contribution in [0.15, 0.2) is 60.7 Å². The second kappa shape index (κ2) is 14.6. The molecule has 0 aliphatic heterocycles. The third-order valence-electron chi connectivity index (χ3n) is 4.25. The molecule has 0 heterocycles. The number of ether oxygens (including phenoxy) is 1. The van der Waals surface area contributed by atoms with Crippen molar-refractivity contribution in [3.8, 4) is 0 Å². The van der Waals surface area contributed by atoms with Crippen molar-refractivity contribution in [2.75, 3.05) is 33.0 Å². The van der Waals surface area contributed by atoms with E-state index in [9.17, 15) is 0 Å². The fourth-order valence-electron chi connectivity index (χ4n) is 3.00. The largest absolute Gasteiger partial charge is 0.528 e. The van der Waals surface area contributed by atoms with Crippen molar-refractivity contribution in [2.45, 2.75) is 41.2 Å². The zero-order valence-corrected chi connectivity index (χ0v) is 21.4. The third kappa shape index (κ3) is 8.07. The summed E-state index contributed by atoms with van der Waals surface area (Å²) >= 11 is 0. The predicted octanol–water partition coefficient (Wildman–Crippen LogP) is 3.98. The molecule has 0 spiro atoms. The van der Waals surface area contributed by atoms with Crippen LogP contribution in [0.5, 0.6) is 0 Å². The van der Waals surface area contributed by atoms with Gasteiger partial charge in [0.15, 0.2) is 0 Å². The van der Waals surface area contributed by atoms with Crippen molar-refractivity contribution < 1.29 is 22.1 Å². The third-order valence-corrected chi connectivity index (χ3v) is 11.5. The van der Waals surface area contributed by atoms with Crippen LogP contribution < -0.4 is 10.4 Å².